The number of imide groups is 1. The van der Waals surface area contributed by atoms with Crippen LogP contribution >= 0.6 is 0 Å². The number of ketones is 1. The first kappa shape index (κ1) is 16.8. The van der Waals surface area contributed by atoms with Crippen LogP contribution in [0.5, 0.6) is 0 Å². The summed E-state index contributed by atoms with van der Waals surface area (Å²) in [5.74, 6) is -1.19. The Hall–Kier alpha value is -3.02. The Morgan fingerprint density at radius 2 is 1.64 bits per heavy atom. The van der Waals surface area contributed by atoms with Crippen molar-refractivity contribution in [1.29, 1.82) is 0 Å². The van der Waals surface area contributed by atoms with Gasteiger partial charge < -0.3 is 0 Å². The molecule has 5 nitrogen and oxygen atoms in total. The molecule has 0 spiro atoms. The van der Waals surface area contributed by atoms with Crippen molar-refractivity contribution in [3.63, 3.8) is 0 Å². The highest BCUT2D eigenvalue weighted by atomic mass is 19.1. The fourth-order valence-corrected chi connectivity index (χ4v) is 2.78. The summed E-state index contributed by atoms with van der Waals surface area (Å²) >= 11 is 0. The third-order valence-corrected chi connectivity index (χ3v) is 4.23. The number of hydrogen-bond donors (Lipinski definition) is 0. The molecule has 0 bridgehead atoms. The van der Waals surface area contributed by atoms with Gasteiger partial charge in [0.1, 0.15) is 11.9 Å². The summed E-state index contributed by atoms with van der Waals surface area (Å²) in [6, 6.07) is 10.9. The van der Waals surface area contributed by atoms with Crippen LogP contribution in [0.1, 0.15) is 22.8 Å². The van der Waals surface area contributed by atoms with Gasteiger partial charge in [0.05, 0.1) is 6.54 Å². The molecule has 1 aliphatic rings. The lowest BCUT2D eigenvalue weighted by atomic mass is 10.1. The van der Waals surface area contributed by atoms with Crippen molar-refractivity contribution in [3.05, 3.63) is 65.5 Å². The van der Waals surface area contributed by atoms with E-state index >= 15 is 0 Å². The van der Waals surface area contributed by atoms with Gasteiger partial charge >= 0.3 is 6.03 Å². The number of carbonyl (C=O) groups is 3. The first-order chi connectivity index (χ1) is 11.9. The summed E-state index contributed by atoms with van der Waals surface area (Å²) in [5, 5.41) is 0. The van der Waals surface area contributed by atoms with Crippen LogP contribution in [-0.4, -0.2) is 35.2 Å². The normalized spacial score (nSPS) is 17.3. The lowest BCUT2D eigenvalue weighted by Gasteiger charge is -2.19. The lowest BCUT2D eigenvalue weighted by molar-refractivity contribution is -0.126. The van der Waals surface area contributed by atoms with Crippen LogP contribution in [0.3, 0.4) is 0 Å². The number of benzene rings is 2. The topological polar surface area (TPSA) is 57.7 Å². The van der Waals surface area contributed by atoms with Gasteiger partial charge in [0.25, 0.3) is 5.91 Å². The molecule has 0 N–H and O–H groups in total. The highest BCUT2D eigenvalue weighted by Gasteiger charge is 2.44. The second kappa shape index (κ2) is 6.47. The van der Waals surface area contributed by atoms with Gasteiger partial charge in [-0.25, -0.2) is 9.18 Å². The highest BCUT2D eigenvalue weighted by Crippen LogP contribution is 2.26. The number of aryl methyl sites for hydroxylation is 1. The number of rotatable bonds is 4. The van der Waals surface area contributed by atoms with Gasteiger partial charge in [0, 0.05) is 11.3 Å². The fraction of sp³-hybridized carbons (Fsp3) is 0.211. The Kier molecular flexibility index (Phi) is 4.35. The van der Waals surface area contributed by atoms with E-state index in [1.807, 2.05) is 6.92 Å². The zero-order chi connectivity index (χ0) is 18.1. The molecular weight excluding hydrogens is 323 g/mol. The molecule has 3 rings (SSSR count). The molecule has 128 valence electrons. The Labute approximate surface area is 144 Å². The number of amides is 3. The minimum atomic E-state index is -0.747. The van der Waals surface area contributed by atoms with Crippen molar-refractivity contribution >= 4 is 23.4 Å². The van der Waals surface area contributed by atoms with Gasteiger partial charge in [-0.3, -0.25) is 19.4 Å². The van der Waals surface area contributed by atoms with Crippen molar-refractivity contribution in [2.24, 2.45) is 0 Å². The van der Waals surface area contributed by atoms with Gasteiger partial charge in [-0.05, 0) is 38.1 Å². The van der Waals surface area contributed by atoms with E-state index in [0.717, 1.165) is 10.5 Å². The van der Waals surface area contributed by atoms with Crippen LogP contribution < -0.4 is 4.90 Å². The van der Waals surface area contributed by atoms with Crippen molar-refractivity contribution in [2.75, 3.05) is 11.4 Å². The second-order valence-corrected chi connectivity index (χ2v) is 6.02. The molecule has 2 aromatic carbocycles. The summed E-state index contributed by atoms with van der Waals surface area (Å²) < 4.78 is 13.1. The van der Waals surface area contributed by atoms with E-state index in [4.69, 9.17) is 0 Å². The van der Waals surface area contributed by atoms with Gasteiger partial charge in [-0.2, -0.15) is 0 Å². The van der Waals surface area contributed by atoms with E-state index in [1.165, 1.54) is 29.2 Å². The summed E-state index contributed by atoms with van der Waals surface area (Å²) in [7, 11) is 0. The van der Waals surface area contributed by atoms with Crippen LogP contribution in [0.25, 0.3) is 0 Å². The number of hydrogen-bond acceptors (Lipinski definition) is 3. The smallest absolute Gasteiger partial charge is 0.292 e. The molecule has 1 aliphatic heterocycles. The summed E-state index contributed by atoms with van der Waals surface area (Å²) in [6.45, 7) is 3.17. The van der Waals surface area contributed by atoms with Crippen LogP contribution in [0.2, 0.25) is 0 Å². The Bertz CT molecular complexity index is 831. The lowest BCUT2D eigenvalue weighted by Crippen LogP contribution is -2.37. The zero-order valence-corrected chi connectivity index (χ0v) is 13.9. The largest absolute Gasteiger partial charge is 0.332 e. The molecule has 1 atom stereocenters. The Morgan fingerprint density at radius 1 is 1.04 bits per heavy atom. The number of Topliss-reactive ketones (excluding diaryl/α,β-unsaturated/α-hetero) is 1. The molecular formula is C19H17FN2O3. The minimum absolute atomic E-state index is 0.310. The standard InChI is InChI=1S/C19H17FN2O3/c1-12-3-5-14(6-4-12)17(23)11-21-18(24)13(2)22(19(21)25)16-9-7-15(20)8-10-16/h3-10,13H,11H2,1-2H3. The summed E-state index contributed by atoms with van der Waals surface area (Å²) in [6.07, 6.45) is 0. The van der Waals surface area contributed by atoms with Gasteiger partial charge in [0.2, 0.25) is 0 Å². The van der Waals surface area contributed by atoms with Crippen LogP contribution in [0, 0.1) is 12.7 Å². The quantitative estimate of drug-likeness (QED) is 0.634. The number of urea groups is 1. The van der Waals surface area contributed by atoms with Gasteiger partial charge in [-0.15, -0.1) is 0 Å². The molecule has 0 aromatic heterocycles. The van der Waals surface area contributed by atoms with Crippen molar-refractivity contribution in [2.45, 2.75) is 19.9 Å². The van der Waals surface area contributed by atoms with E-state index in [-0.39, 0.29) is 12.3 Å². The summed E-state index contributed by atoms with van der Waals surface area (Å²) in [5.41, 5.74) is 1.87. The van der Waals surface area contributed by atoms with E-state index < -0.39 is 23.8 Å². The number of halogens is 1. The van der Waals surface area contributed by atoms with Gasteiger partial charge in [-0.1, -0.05) is 29.8 Å². The third kappa shape index (κ3) is 3.15. The molecule has 25 heavy (non-hydrogen) atoms. The maximum atomic E-state index is 13.1. The van der Waals surface area contributed by atoms with Crippen molar-refractivity contribution < 1.29 is 18.8 Å². The van der Waals surface area contributed by atoms with Crippen LogP contribution in [0.4, 0.5) is 14.9 Å². The molecule has 0 radical (unpaired) electrons. The number of carbonyl (C=O) groups excluding carboxylic acids is 3. The molecule has 3 amide bonds. The average molecular weight is 340 g/mol. The van der Waals surface area contributed by atoms with Crippen molar-refractivity contribution in [1.82, 2.24) is 4.90 Å². The average Bonchev–Trinajstić information content (AvgIpc) is 2.80. The van der Waals surface area contributed by atoms with Gasteiger partial charge in [0.15, 0.2) is 5.78 Å². The highest BCUT2D eigenvalue weighted by molar-refractivity contribution is 6.16. The Morgan fingerprint density at radius 3 is 2.24 bits per heavy atom. The molecule has 0 aliphatic carbocycles. The monoisotopic (exact) mass is 340 g/mol. The Balaban J connectivity index is 1.81. The molecule has 0 saturated carbocycles. The third-order valence-electron chi connectivity index (χ3n) is 4.23. The number of nitrogens with zero attached hydrogens (tertiary/aromatic N) is 2. The van der Waals surface area contributed by atoms with E-state index in [0.29, 0.717) is 11.3 Å². The number of anilines is 1. The van der Waals surface area contributed by atoms with Crippen LogP contribution in [-0.2, 0) is 4.79 Å². The maximum Gasteiger partial charge on any atom is 0.332 e. The summed E-state index contributed by atoms with van der Waals surface area (Å²) in [4.78, 5) is 39.6. The van der Waals surface area contributed by atoms with Crippen LogP contribution in [0.15, 0.2) is 48.5 Å². The molecule has 1 heterocycles. The molecule has 1 unspecified atom stereocenters. The predicted molar refractivity (Wildman–Crippen MR) is 91.0 cm³/mol. The maximum absolute atomic E-state index is 13.1. The predicted octanol–water partition coefficient (Wildman–Crippen LogP) is 3.17. The first-order valence-corrected chi connectivity index (χ1v) is 7.88. The van der Waals surface area contributed by atoms with E-state index in [1.54, 1.807) is 31.2 Å². The van der Waals surface area contributed by atoms with E-state index in [2.05, 4.69) is 0 Å². The fourth-order valence-electron chi connectivity index (χ4n) is 2.78. The van der Waals surface area contributed by atoms with E-state index in [9.17, 15) is 18.8 Å². The molecule has 1 saturated heterocycles. The first-order valence-electron chi connectivity index (χ1n) is 7.88. The molecule has 6 heteroatoms. The molecule has 2 aromatic rings. The SMILES string of the molecule is Cc1ccc(C(=O)CN2C(=O)C(C)N(c3ccc(F)cc3)C2=O)cc1. The van der Waals surface area contributed by atoms with Crippen molar-refractivity contribution in [3.8, 4) is 0 Å². The molecule has 1 fully saturated rings. The minimum Gasteiger partial charge on any atom is -0.292 e. The second-order valence-electron chi connectivity index (χ2n) is 6.02. The zero-order valence-electron chi connectivity index (χ0n) is 13.9.